The lowest BCUT2D eigenvalue weighted by molar-refractivity contribution is -0.131. The van der Waals surface area contributed by atoms with E-state index in [1.807, 2.05) is 4.90 Å². The summed E-state index contributed by atoms with van der Waals surface area (Å²) in [5.74, 6) is 0.898. The van der Waals surface area contributed by atoms with Gasteiger partial charge < -0.3 is 14.7 Å². The van der Waals surface area contributed by atoms with Crippen LogP contribution < -0.4 is 10.5 Å². The van der Waals surface area contributed by atoms with Crippen LogP contribution in [-0.2, 0) is 17.8 Å². The minimum Gasteiger partial charge on any atom is -0.339 e. The molecule has 208 valence electrons. The Labute approximate surface area is 228 Å². The first kappa shape index (κ1) is 28.3. The molecule has 1 amide bonds. The van der Waals surface area contributed by atoms with Gasteiger partial charge in [-0.2, -0.15) is 0 Å². The second-order valence-electron chi connectivity index (χ2n) is 10.8. The van der Waals surface area contributed by atoms with Gasteiger partial charge in [-0.1, -0.05) is 69.4 Å². The summed E-state index contributed by atoms with van der Waals surface area (Å²) in [5, 5.41) is 0. The molecule has 8 heteroatoms. The monoisotopic (exact) mass is 522 g/mol. The van der Waals surface area contributed by atoms with Crippen LogP contribution in [0.15, 0.2) is 41.2 Å². The average molecular weight is 523 g/mol. The molecule has 2 aliphatic rings. The van der Waals surface area contributed by atoms with E-state index in [2.05, 4.69) is 56.9 Å². The topological polar surface area (TPSA) is 75.8 Å². The van der Waals surface area contributed by atoms with Gasteiger partial charge in [0.25, 0.3) is 5.56 Å². The van der Waals surface area contributed by atoms with Crippen LogP contribution in [0.4, 0.5) is 5.95 Å². The summed E-state index contributed by atoms with van der Waals surface area (Å²) in [6.07, 6.45) is 8.91. The van der Waals surface area contributed by atoms with Gasteiger partial charge in [-0.05, 0) is 18.4 Å². The van der Waals surface area contributed by atoms with Gasteiger partial charge in [-0.3, -0.25) is 19.5 Å². The Balaban J connectivity index is 1.19. The number of aromatic nitrogens is 2. The van der Waals surface area contributed by atoms with Crippen LogP contribution in [0, 0.1) is 0 Å². The Kier molecular flexibility index (Phi) is 11.2. The van der Waals surface area contributed by atoms with Crippen molar-refractivity contribution in [1.82, 2.24) is 24.7 Å². The number of benzene rings is 1. The molecule has 2 fully saturated rings. The number of hydrogen-bond acceptors (Lipinski definition) is 6. The lowest BCUT2D eigenvalue weighted by atomic mass is 10.1. The molecule has 0 saturated carbocycles. The third-order valence-electron chi connectivity index (χ3n) is 7.87. The van der Waals surface area contributed by atoms with Gasteiger partial charge >= 0.3 is 0 Å². The van der Waals surface area contributed by atoms with Gasteiger partial charge in [0.2, 0.25) is 11.9 Å². The second-order valence-corrected chi connectivity index (χ2v) is 10.8. The molecule has 38 heavy (non-hydrogen) atoms. The largest absolute Gasteiger partial charge is 0.339 e. The van der Waals surface area contributed by atoms with Crippen LogP contribution in [0.5, 0.6) is 0 Å². The van der Waals surface area contributed by atoms with E-state index in [1.165, 1.54) is 31.2 Å². The molecule has 1 aromatic heterocycles. The predicted octanol–water partition coefficient (Wildman–Crippen LogP) is 3.53. The number of hydrogen-bond donors (Lipinski definition) is 1. The van der Waals surface area contributed by atoms with Crippen molar-refractivity contribution in [3.8, 4) is 0 Å². The summed E-state index contributed by atoms with van der Waals surface area (Å²) in [6, 6.07) is 12.3. The maximum atomic E-state index is 12.6. The number of nitrogens with one attached hydrogen (secondary N) is 1. The quantitative estimate of drug-likeness (QED) is 0.406. The zero-order valence-corrected chi connectivity index (χ0v) is 23.2. The fraction of sp³-hybridized carbons (Fsp3) is 0.633. The first-order valence-electron chi connectivity index (χ1n) is 14.7. The molecular weight excluding hydrogens is 476 g/mol. The number of carbonyl (C=O) groups excluding carboxylic acids is 1. The van der Waals surface area contributed by atoms with Crippen molar-refractivity contribution in [3.05, 3.63) is 58.0 Å². The smallest absolute Gasteiger partial charge is 0.252 e. The molecule has 2 aromatic rings. The molecule has 0 unspecified atom stereocenters. The highest BCUT2D eigenvalue weighted by molar-refractivity contribution is 5.76. The lowest BCUT2D eigenvalue weighted by Gasteiger charge is -2.36. The molecule has 0 atom stereocenters. The fourth-order valence-electron chi connectivity index (χ4n) is 5.44. The number of unbranched alkanes of at least 4 members (excludes halogenated alkanes) is 5. The number of anilines is 1. The lowest BCUT2D eigenvalue weighted by Crippen LogP contribution is -2.49. The maximum absolute atomic E-state index is 12.6. The van der Waals surface area contributed by atoms with Crippen molar-refractivity contribution in [2.24, 2.45) is 0 Å². The Morgan fingerprint density at radius 1 is 0.868 bits per heavy atom. The zero-order valence-electron chi connectivity index (χ0n) is 23.2. The SMILES string of the molecule is CCCCCCCCC(=O)N1CCN(c2nc(CN3CCN(CCc4ccccc4)CC3)cc(=O)[nH]2)CC1. The molecule has 0 aliphatic carbocycles. The van der Waals surface area contributed by atoms with Gasteiger partial charge in [0, 0.05) is 77.9 Å². The first-order chi connectivity index (χ1) is 18.6. The minimum absolute atomic E-state index is 0.104. The number of amides is 1. The summed E-state index contributed by atoms with van der Waals surface area (Å²) in [5.41, 5.74) is 2.11. The molecular formula is C30H46N6O2. The molecule has 0 radical (unpaired) electrons. The van der Waals surface area contributed by atoms with Gasteiger partial charge in [0.1, 0.15) is 0 Å². The summed E-state index contributed by atoms with van der Waals surface area (Å²) in [6.45, 7) is 10.8. The van der Waals surface area contributed by atoms with E-state index in [0.29, 0.717) is 45.1 Å². The van der Waals surface area contributed by atoms with Crippen molar-refractivity contribution < 1.29 is 4.79 Å². The minimum atomic E-state index is -0.104. The van der Waals surface area contributed by atoms with Crippen LogP contribution in [0.3, 0.4) is 0 Å². The summed E-state index contributed by atoms with van der Waals surface area (Å²) < 4.78 is 0. The number of aromatic amines is 1. The molecule has 2 saturated heterocycles. The molecule has 1 aromatic carbocycles. The van der Waals surface area contributed by atoms with Gasteiger partial charge in [0.05, 0.1) is 5.69 Å². The van der Waals surface area contributed by atoms with E-state index in [-0.39, 0.29) is 11.5 Å². The van der Waals surface area contributed by atoms with Crippen LogP contribution in [-0.4, -0.2) is 89.5 Å². The van der Waals surface area contributed by atoms with E-state index in [9.17, 15) is 9.59 Å². The molecule has 4 rings (SSSR count). The Hall–Kier alpha value is -2.71. The van der Waals surface area contributed by atoms with Crippen molar-refractivity contribution in [1.29, 1.82) is 0 Å². The second kappa shape index (κ2) is 15.0. The number of nitrogens with zero attached hydrogens (tertiary/aromatic N) is 5. The van der Waals surface area contributed by atoms with Crippen molar-refractivity contribution in [2.45, 2.75) is 64.8 Å². The van der Waals surface area contributed by atoms with Crippen LogP contribution >= 0.6 is 0 Å². The van der Waals surface area contributed by atoms with Crippen molar-refractivity contribution >= 4 is 11.9 Å². The van der Waals surface area contributed by atoms with Crippen LogP contribution in [0.25, 0.3) is 0 Å². The van der Waals surface area contributed by atoms with E-state index < -0.39 is 0 Å². The highest BCUT2D eigenvalue weighted by Crippen LogP contribution is 2.14. The van der Waals surface area contributed by atoms with Crippen LogP contribution in [0.1, 0.15) is 63.1 Å². The summed E-state index contributed by atoms with van der Waals surface area (Å²) in [4.78, 5) is 41.8. The van der Waals surface area contributed by atoms with Crippen LogP contribution in [0.2, 0.25) is 0 Å². The van der Waals surface area contributed by atoms with Gasteiger partial charge in [-0.15, -0.1) is 0 Å². The van der Waals surface area contributed by atoms with Crippen molar-refractivity contribution in [3.63, 3.8) is 0 Å². The number of carbonyl (C=O) groups is 1. The molecule has 0 bridgehead atoms. The summed E-state index contributed by atoms with van der Waals surface area (Å²) in [7, 11) is 0. The number of rotatable bonds is 13. The molecule has 8 nitrogen and oxygen atoms in total. The highest BCUT2D eigenvalue weighted by Gasteiger charge is 2.23. The standard InChI is InChI=1S/C30H46N6O2/c1-2-3-4-5-6-10-13-29(38)35-20-22-36(23-21-35)30-31-27(24-28(37)32-30)25-34-18-16-33(17-19-34)15-14-26-11-8-7-9-12-26/h7-9,11-12,24H,2-6,10,13-23,25H2,1H3,(H,31,32,37). The molecule has 1 N–H and O–H groups in total. The highest BCUT2D eigenvalue weighted by atomic mass is 16.2. The first-order valence-corrected chi connectivity index (χ1v) is 14.7. The Bertz CT molecular complexity index is 1030. The number of H-pyrrole nitrogens is 1. The van der Waals surface area contributed by atoms with E-state index in [1.54, 1.807) is 6.07 Å². The average Bonchev–Trinajstić information content (AvgIpc) is 2.95. The Morgan fingerprint density at radius 2 is 1.55 bits per heavy atom. The van der Waals surface area contributed by atoms with Gasteiger partial charge in [0.15, 0.2) is 0 Å². The normalized spacial score (nSPS) is 17.2. The maximum Gasteiger partial charge on any atom is 0.252 e. The summed E-state index contributed by atoms with van der Waals surface area (Å²) >= 11 is 0. The van der Waals surface area contributed by atoms with E-state index in [0.717, 1.165) is 57.7 Å². The molecule has 0 spiro atoms. The van der Waals surface area contributed by atoms with E-state index >= 15 is 0 Å². The number of piperazine rings is 2. The van der Waals surface area contributed by atoms with E-state index in [4.69, 9.17) is 4.98 Å². The van der Waals surface area contributed by atoms with Crippen molar-refractivity contribution in [2.75, 3.05) is 63.8 Å². The Morgan fingerprint density at radius 3 is 2.29 bits per heavy atom. The molecule has 2 aliphatic heterocycles. The van der Waals surface area contributed by atoms with Gasteiger partial charge in [-0.25, -0.2) is 4.98 Å². The predicted molar refractivity (Wildman–Crippen MR) is 154 cm³/mol. The molecule has 3 heterocycles. The zero-order chi connectivity index (χ0) is 26.6. The third kappa shape index (κ3) is 8.95. The fourth-order valence-corrected chi connectivity index (χ4v) is 5.44. The third-order valence-corrected chi connectivity index (χ3v) is 7.87.